The first-order valence-corrected chi connectivity index (χ1v) is 4.51. The highest BCUT2D eigenvalue weighted by Gasteiger charge is 2.18. The largest absolute Gasteiger partial charge is 0.382 e. The molecule has 0 aliphatic carbocycles. The van der Waals surface area contributed by atoms with Crippen LogP contribution in [0.4, 0.5) is 10.1 Å². The summed E-state index contributed by atoms with van der Waals surface area (Å²) in [6, 6.07) is 4.23. The molecule has 2 rings (SSSR count). The van der Waals surface area contributed by atoms with E-state index in [1.807, 2.05) is 6.92 Å². The van der Waals surface area contributed by atoms with Crippen molar-refractivity contribution in [2.24, 2.45) is 0 Å². The van der Waals surface area contributed by atoms with Crippen LogP contribution in [0.2, 0.25) is 0 Å². The number of halogens is 1. The van der Waals surface area contributed by atoms with Gasteiger partial charge in [0.1, 0.15) is 5.82 Å². The number of anilines is 1. The Labute approximate surface area is 81.3 Å². The molecule has 14 heavy (non-hydrogen) atoms. The average molecular weight is 194 g/mol. The van der Waals surface area contributed by atoms with Crippen molar-refractivity contribution in [3.8, 4) is 0 Å². The Kier molecular flexibility index (Phi) is 2.11. The Bertz CT molecular complexity index is 378. The molecule has 4 heteroatoms. The Balaban J connectivity index is 2.44. The molecule has 0 fully saturated rings. The van der Waals surface area contributed by atoms with Crippen LogP contribution in [0, 0.1) is 5.82 Å². The van der Waals surface area contributed by atoms with Crippen molar-refractivity contribution in [2.75, 3.05) is 11.9 Å². The van der Waals surface area contributed by atoms with Crippen molar-refractivity contribution < 1.29 is 9.18 Å². The second-order valence-electron chi connectivity index (χ2n) is 3.45. The molecule has 1 aliphatic rings. The summed E-state index contributed by atoms with van der Waals surface area (Å²) in [6.45, 7) is 2.55. The van der Waals surface area contributed by atoms with Crippen LogP contribution in [-0.2, 0) is 0 Å². The zero-order valence-electron chi connectivity index (χ0n) is 7.80. The Hall–Kier alpha value is -1.58. The van der Waals surface area contributed by atoms with Gasteiger partial charge in [-0.25, -0.2) is 4.39 Å². The minimum atomic E-state index is -0.393. The van der Waals surface area contributed by atoms with Crippen LogP contribution in [0.1, 0.15) is 17.3 Å². The molecule has 1 aliphatic heterocycles. The van der Waals surface area contributed by atoms with Gasteiger partial charge in [0.05, 0.1) is 5.56 Å². The van der Waals surface area contributed by atoms with E-state index in [1.54, 1.807) is 6.07 Å². The van der Waals surface area contributed by atoms with Gasteiger partial charge in [-0.1, -0.05) is 0 Å². The van der Waals surface area contributed by atoms with Crippen LogP contribution >= 0.6 is 0 Å². The van der Waals surface area contributed by atoms with Crippen molar-refractivity contribution in [3.05, 3.63) is 29.6 Å². The van der Waals surface area contributed by atoms with Gasteiger partial charge in [0.15, 0.2) is 0 Å². The molecule has 1 aromatic carbocycles. The van der Waals surface area contributed by atoms with E-state index in [0.29, 0.717) is 17.8 Å². The number of hydrogen-bond donors (Lipinski definition) is 2. The molecular formula is C10H11FN2O. The van der Waals surface area contributed by atoms with E-state index in [2.05, 4.69) is 10.6 Å². The molecule has 1 atom stereocenters. The molecule has 0 spiro atoms. The third-order valence-corrected chi connectivity index (χ3v) is 2.20. The normalized spacial score (nSPS) is 20.4. The van der Waals surface area contributed by atoms with Crippen LogP contribution < -0.4 is 10.6 Å². The fourth-order valence-electron chi connectivity index (χ4n) is 1.47. The fourth-order valence-corrected chi connectivity index (χ4v) is 1.47. The zero-order chi connectivity index (χ0) is 10.1. The first-order chi connectivity index (χ1) is 6.66. The van der Waals surface area contributed by atoms with Crippen LogP contribution in [0.25, 0.3) is 0 Å². The van der Waals surface area contributed by atoms with Gasteiger partial charge in [0.2, 0.25) is 0 Å². The van der Waals surface area contributed by atoms with E-state index in [1.165, 1.54) is 12.1 Å². The number of nitrogens with one attached hydrogen (secondary N) is 2. The summed E-state index contributed by atoms with van der Waals surface area (Å²) in [6.07, 6.45) is 0. The lowest BCUT2D eigenvalue weighted by Gasteiger charge is -2.08. The van der Waals surface area contributed by atoms with Crippen LogP contribution in [0.15, 0.2) is 18.2 Å². The molecule has 1 heterocycles. The van der Waals surface area contributed by atoms with E-state index in [9.17, 15) is 9.18 Å². The number of carbonyl (C=O) groups excluding carboxylic acids is 1. The molecule has 1 unspecified atom stereocenters. The van der Waals surface area contributed by atoms with Gasteiger partial charge in [-0.3, -0.25) is 4.79 Å². The quantitative estimate of drug-likeness (QED) is 0.655. The number of amides is 1. The van der Waals surface area contributed by atoms with Crippen molar-refractivity contribution >= 4 is 11.6 Å². The topological polar surface area (TPSA) is 41.1 Å². The third kappa shape index (κ3) is 1.55. The molecule has 0 aromatic heterocycles. The highest BCUT2D eigenvalue weighted by atomic mass is 19.1. The number of rotatable bonds is 0. The molecule has 0 saturated carbocycles. The summed E-state index contributed by atoms with van der Waals surface area (Å²) in [5.74, 6) is -0.618. The summed E-state index contributed by atoms with van der Waals surface area (Å²) in [5, 5.41) is 5.84. The lowest BCUT2D eigenvalue weighted by atomic mass is 10.1. The number of hydrogen-bond acceptors (Lipinski definition) is 2. The molecule has 0 radical (unpaired) electrons. The van der Waals surface area contributed by atoms with Crippen molar-refractivity contribution in [3.63, 3.8) is 0 Å². The van der Waals surface area contributed by atoms with Gasteiger partial charge >= 0.3 is 0 Å². The maximum Gasteiger partial charge on any atom is 0.253 e. The molecular weight excluding hydrogens is 183 g/mol. The van der Waals surface area contributed by atoms with E-state index in [-0.39, 0.29) is 11.9 Å². The summed E-state index contributed by atoms with van der Waals surface area (Å²) in [7, 11) is 0. The molecule has 0 bridgehead atoms. The maximum atomic E-state index is 12.9. The second-order valence-corrected chi connectivity index (χ2v) is 3.45. The summed E-state index contributed by atoms with van der Waals surface area (Å²) >= 11 is 0. The highest BCUT2D eigenvalue weighted by molar-refractivity contribution is 6.00. The van der Waals surface area contributed by atoms with E-state index in [0.717, 1.165) is 0 Å². The number of fused-ring (bicyclic) bond motifs is 1. The van der Waals surface area contributed by atoms with Gasteiger partial charge in [-0.05, 0) is 25.1 Å². The van der Waals surface area contributed by atoms with E-state index < -0.39 is 5.82 Å². The molecule has 0 saturated heterocycles. The molecule has 2 N–H and O–H groups in total. The van der Waals surface area contributed by atoms with Gasteiger partial charge < -0.3 is 10.6 Å². The molecule has 3 nitrogen and oxygen atoms in total. The van der Waals surface area contributed by atoms with Gasteiger partial charge in [0, 0.05) is 18.3 Å². The summed E-state index contributed by atoms with van der Waals surface area (Å²) in [4.78, 5) is 11.6. The smallest absolute Gasteiger partial charge is 0.253 e. The van der Waals surface area contributed by atoms with Crippen molar-refractivity contribution in [1.29, 1.82) is 0 Å². The lowest BCUT2D eigenvalue weighted by Crippen LogP contribution is -2.34. The molecule has 1 amide bonds. The Morgan fingerprint density at radius 2 is 2.29 bits per heavy atom. The standard InChI is InChI=1S/C10H11FN2O/c1-6-5-12-9-3-2-7(11)4-8(9)10(14)13-6/h2-4,6,12H,5H2,1H3,(H,13,14). The molecule has 1 aromatic rings. The summed E-state index contributed by atoms with van der Waals surface area (Å²) < 4.78 is 12.9. The minimum absolute atomic E-state index is 0.0537. The predicted molar refractivity (Wildman–Crippen MR) is 51.8 cm³/mol. The number of benzene rings is 1. The first kappa shape index (κ1) is 8.99. The minimum Gasteiger partial charge on any atom is -0.382 e. The second kappa shape index (κ2) is 3.29. The Morgan fingerprint density at radius 1 is 1.50 bits per heavy atom. The van der Waals surface area contributed by atoms with Crippen LogP contribution in [-0.4, -0.2) is 18.5 Å². The Morgan fingerprint density at radius 3 is 3.07 bits per heavy atom. The third-order valence-electron chi connectivity index (χ3n) is 2.20. The summed E-state index contributed by atoms with van der Waals surface area (Å²) in [5.41, 5.74) is 1.06. The fraction of sp³-hybridized carbons (Fsp3) is 0.300. The lowest BCUT2D eigenvalue weighted by molar-refractivity contribution is 0.0945. The zero-order valence-corrected chi connectivity index (χ0v) is 7.80. The average Bonchev–Trinajstić information content (AvgIpc) is 2.27. The van der Waals surface area contributed by atoms with Crippen LogP contribution in [0.3, 0.4) is 0 Å². The maximum absolute atomic E-state index is 12.9. The SMILES string of the molecule is CC1CNc2ccc(F)cc2C(=O)N1. The van der Waals surface area contributed by atoms with Crippen molar-refractivity contribution in [2.45, 2.75) is 13.0 Å². The van der Waals surface area contributed by atoms with Crippen LogP contribution in [0.5, 0.6) is 0 Å². The monoisotopic (exact) mass is 194 g/mol. The predicted octanol–water partition coefficient (Wildman–Crippen LogP) is 1.37. The van der Waals surface area contributed by atoms with Gasteiger partial charge in [-0.15, -0.1) is 0 Å². The van der Waals surface area contributed by atoms with Crippen molar-refractivity contribution in [1.82, 2.24) is 5.32 Å². The van der Waals surface area contributed by atoms with Gasteiger partial charge in [-0.2, -0.15) is 0 Å². The first-order valence-electron chi connectivity index (χ1n) is 4.51. The molecule has 74 valence electrons. The highest BCUT2D eigenvalue weighted by Crippen LogP contribution is 2.18. The van der Waals surface area contributed by atoms with E-state index in [4.69, 9.17) is 0 Å². The van der Waals surface area contributed by atoms with Gasteiger partial charge in [0.25, 0.3) is 5.91 Å². The number of carbonyl (C=O) groups is 1. The van der Waals surface area contributed by atoms with E-state index >= 15 is 0 Å².